The molecule has 3 heterocycles. The van der Waals surface area contributed by atoms with Crippen LogP contribution >= 0.6 is 0 Å². The number of carbonyl (C=O) groups excluding carboxylic acids is 2. The lowest BCUT2D eigenvalue weighted by Gasteiger charge is -2.19. The zero-order valence-corrected chi connectivity index (χ0v) is 19.3. The third-order valence-corrected chi connectivity index (χ3v) is 5.23. The maximum Gasteiger partial charge on any atom is 0.273 e. The van der Waals surface area contributed by atoms with Crippen molar-refractivity contribution in [3.8, 4) is 11.3 Å². The van der Waals surface area contributed by atoms with Crippen LogP contribution in [0.4, 0.5) is 5.82 Å². The third-order valence-electron chi connectivity index (χ3n) is 5.23. The molecule has 10 nitrogen and oxygen atoms in total. The molecule has 4 rings (SSSR count). The van der Waals surface area contributed by atoms with E-state index in [4.69, 9.17) is 5.41 Å². The molecule has 0 saturated heterocycles. The molecule has 176 valence electrons. The number of hydrogen-bond acceptors (Lipinski definition) is 7. The molecule has 0 atom stereocenters. The summed E-state index contributed by atoms with van der Waals surface area (Å²) in [6.45, 7) is 0.234. The van der Waals surface area contributed by atoms with E-state index in [1.54, 1.807) is 42.0 Å². The van der Waals surface area contributed by atoms with E-state index in [1.165, 1.54) is 11.9 Å². The first-order chi connectivity index (χ1) is 17.0. The molecule has 4 aromatic rings. The molecule has 2 amide bonds. The smallest absolute Gasteiger partial charge is 0.273 e. The van der Waals surface area contributed by atoms with Gasteiger partial charge in [-0.05, 0) is 18.2 Å². The van der Waals surface area contributed by atoms with Gasteiger partial charge >= 0.3 is 0 Å². The highest BCUT2D eigenvalue weighted by atomic mass is 16.2. The van der Waals surface area contributed by atoms with Crippen LogP contribution in [0.3, 0.4) is 0 Å². The second-order valence-corrected chi connectivity index (χ2v) is 7.63. The van der Waals surface area contributed by atoms with Gasteiger partial charge in [-0.25, -0.2) is 4.98 Å². The monoisotopic (exact) mass is 468 g/mol. The molecule has 0 aliphatic carbocycles. The van der Waals surface area contributed by atoms with E-state index in [9.17, 15) is 9.59 Å². The van der Waals surface area contributed by atoms with Gasteiger partial charge in [-0.2, -0.15) is 4.98 Å². The minimum Gasteiger partial charge on any atom is -0.383 e. The summed E-state index contributed by atoms with van der Waals surface area (Å²) >= 11 is 0. The molecule has 0 fully saturated rings. The fourth-order valence-electron chi connectivity index (χ4n) is 3.49. The topological polar surface area (TPSA) is 128 Å². The molecule has 10 heteroatoms. The van der Waals surface area contributed by atoms with Gasteiger partial charge in [0.05, 0.1) is 23.5 Å². The van der Waals surface area contributed by atoms with Gasteiger partial charge in [-0.15, -0.1) is 0 Å². The lowest BCUT2D eigenvalue weighted by Crippen LogP contribution is -2.34. The predicted molar refractivity (Wildman–Crippen MR) is 133 cm³/mol. The summed E-state index contributed by atoms with van der Waals surface area (Å²) in [7, 11) is 3.10. The molecule has 1 aromatic carbocycles. The predicted octanol–water partition coefficient (Wildman–Crippen LogP) is 2.51. The molecule has 3 aromatic heterocycles. The van der Waals surface area contributed by atoms with Gasteiger partial charge in [0.15, 0.2) is 0 Å². The van der Waals surface area contributed by atoms with Gasteiger partial charge in [0.25, 0.3) is 11.8 Å². The summed E-state index contributed by atoms with van der Waals surface area (Å²) in [6.07, 6.45) is 6.09. The Morgan fingerprint density at radius 2 is 1.86 bits per heavy atom. The van der Waals surface area contributed by atoms with Crippen LogP contribution in [0.5, 0.6) is 0 Å². The quantitative estimate of drug-likeness (QED) is 0.269. The summed E-state index contributed by atoms with van der Waals surface area (Å²) in [5, 5.41) is 13.2. The summed E-state index contributed by atoms with van der Waals surface area (Å²) in [6, 6.07) is 16.7. The van der Waals surface area contributed by atoms with Crippen LogP contribution < -0.4 is 10.6 Å². The Kier molecular flexibility index (Phi) is 6.91. The van der Waals surface area contributed by atoms with E-state index < -0.39 is 11.8 Å². The van der Waals surface area contributed by atoms with Crippen molar-refractivity contribution >= 4 is 29.6 Å². The zero-order valence-electron chi connectivity index (χ0n) is 19.3. The molecule has 0 spiro atoms. The fraction of sp³-hybridized carbons (Fsp3) is 0.120. The molecule has 0 bridgehead atoms. The third kappa shape index (κ3) is 5.22. The molecular formula is C25H24N8O2. The van der Waals surface area contributed by atoms with Crippen LogP contribution in [0.15, 0.2) is 84.5 Å². The number of anilines is 1. The van der Waals surface area contributed by atoms with Crippen molar-refractivity contribution in [2.24, 2.45) is 0 Å². The van der Waals surface area contributed by atoms with Crippen LogP contribution in [-0.4, -0.2) is 56.4 Å². The van der Waals surface area contributed by atoms with Crippen molar-refractivity contribution < 1.29 is 9.59 Å². The minimum absolute atomic E-state index is 0.0483. The molecule has 0 saturated carbocycles. The first kappa shape index (κ1) is 23.3. The zero-order chi connectivity index (χ0) is 24.8. The summed E-state index contributed by atoms with van der Waals surface area (Å²) in [5.74, 6) is -0.416. The minimum atomic E-state index is -0.600. The number of nitrogens with one attached hydrogen (secondary N) is 3. The van der Waals surface area contributed by atoms with Crippen LogP contribution in [0.1, 0.15) is 5.69 Å². The number of carbonyl (C=O) groups is 2. The second kappa shape index (κ2) is 10.4. The molecule has 3 N–H and O–H groups in total. The lowest BCUT2D eigenvalue weighted by atomic mass is 10.1. The number of pyridine rings is 1. The maximum absolute atomic E-state index is 13.0. The lowest BCUT2D eigenvalue weighted by molar-refractivity contribution is -0.126. The molecule has 0 unspecified atom stereocenters. The fourth-order valence-corrected chi connectivity index (χ4v) is 3.49. The number of fused-ring (bicyclic) bond motifs is 1. The molecule has 0 radical (unpaired) electrons. The van der Waals surface area contributed by atoms with Crippen molar-refractivity contribution in [3.05, 3.63) is 90.2 Å². The summed E-state index contributed by atoms with van der Waals surface area (Å²) < 4.78 is 1.76. The average molecular weight is 469 g/mol. The van der Waals surface area contributed by atoms with E-state index in [1.807, 2.05) is 42.6 Å². The van der Waals surface area contributed by atoms with Crippen LogP contribution in [0.25, 0.3) is 17.0 Å². The number of hydrogen-bond donors (Lipinski definition) is 3. The molecule has 0 aliphatic heterocycles. The highest BCUT2D eigenvalue weighted by molar-refractivity contribution is 6.19. The Labute approximate surface area is 201 Å². The Hall–Kier alpha value is -4.86. The Morgan fingerprint density at radius 1 is 1.09 bits per heavy atom. The van der Waals surface area contributed by atoms with Gasteiger partial charge in [0, 0.05) is 44.5 Å². The van der Waals surface area contributed by atoms with Crippen molar-refractivity contribution in [1.82, 2.24) is 29.6 Å². The first-order valence-electron chi connectivity index (χ1n) is 10.8. The van der Waals surface area contributed by atoms with Gasteiger partial charge < -0.3 is 20.9 Å². The number of benzene rings is 1. The van der Waals surface area contributed by atoms with Crippen LogP contribution in [-0.2, 0) is 16.1 Å². The Bertz CT molecular complexity index is 1400. The van der Waals surface area contributed by atoms with Crippen molar-refractivity contribution in [2.75, 3.05) is 19.4 Å². The van der Waals surface area contributed by atoms with Crippen molar-refractivity contribution in [1.29, 1.82) is 5.41 Å². The highest BCUT2D eigenvalue weighted by Gasteiger charge is 2.22. The number of nitrogens with zero attached hydrogens (tertiary/aromatic N) is 5. The number of imidazole rings is 1. The van der Waals surface area contributed by atoms with Crippen molar-refractivity contribution in [3.63, 3.8) is 0 Å². The number of amides is 2. The van der Waals surface area contributed by atoms with E-state index in [-0.39, 0.29) is 23.6 Å². The maximum atomic E-state index is 13.0. The van der Waals surface area contributed by atoms with Crippen LogP contribution in [0.2, 0.25) is 0 Å². The van der Waals surface area contributed by atoms with Crippen molar-refractivity contribution in [2.45, 2.75) is 6.54 Å². The Morgan fingerprint density at radius 3 is 2.54 bits per heavy atom. The van der Waals surface area contributed by atoms with E-state index in [0.29, 0.717) is 11.5 Å². The second-order valence-electron chi connectivity index (χ2n) is 7.63. The highest BCUT2D eigenvalue weighted by Crippen LogP contribution is 2.19. The van der Waals surface area contributed by atoms with E-state index >= 15 is 0 Å². The first-order valence-corrected chi connectivity index (χ1v) is 10.8. The molecular weight excluding hydrogens is 444 g/mol. The van der Waals surface area contributed by atoms with Crippen LogP contribution in [0, 0.1) is 5.41 Å². The molecule has 35 heavy (non-hydrogen) atoms. The molecule has 0 aliphatic rings. The van der Waals surface area contributed by atoms with E-state index in [2.05, 4.69) is 25.6 Å². The Balaban J connectivity index is 1.55. The average Bonchev–Trinajstić information content (AvgIpc) is 3.31. The standard InChI is InChI=1S/C25H24N8O2/c1-27-22(19(14-26)24(35)32(2)15-18-10-6-7-12-28-18)23(34)30-21-11-13-33-16-20(29-25(33)31-21)17-8-4-3-5-9-17/h3-14,16,26-27H,15H2,1-2H3,(H,29,30,31,34)/b22-19+,26-14?. The number of likely N-dealkylation sites (N-methyl/N-ethyl adjacent to an activating group) is 2. The SMILES string of the molecule is CN/C(C(=O)Nc1ccn2cc(-c3ccccc3)nc2n1)=C(\C=N)C(=O)N(C)Cc1ccccn1. The van der Waals surface area contributed by atoms with Gasteiger partial charge in [0.2, 0.25) is 5.78 Å². The normalized spacial score (nSPS) is 11.5. The number of aromatic nitrogens is 4. The largest absolute Gasteiger partial charge is 0.383 e. The van der Waals surface area contributed by atoms with E-state index in [0.717, 1.165) is 17.5 Å². The summed E-state index contributed by atoms with van der Waals surface area (Å²) in [5.41, 5.74) is 2.26. The van der Waals surface area contributed by atoms with Gasteiger partial charge in [-0.3, -0.25) is 19.0 Å². The van der Waals surface area contributed by atoms with Gasteiger partial charge in [0.1, 0.15) is 11.5 Å². The number of rotatable bonds is 8. The van der Waals surface area contributed by atoms with Gasteiger partial charge in [-0.1, -0.05) is 36.4 Å². The summed E-state index contributed by atoms with van der Waals surface area (Å²) in [4.78, 5) is 40.5.